The molecule has 0 radical (unpaired) electrons. The van der Waals surface area contributed by atoms with Gasteiger partial charge in [-0.1, -0.05) is 24.2 Å². The normalized spacial score (nSPS) is 10.7. The Morgan fingerprint density at radius 1 is 1.22 bits per heavy atom. The van der Waals surface area contributed by atoms with Crippen molar-refractivity contribution in [3.05, 3.63) is 47.7 Å². The van der Waals surface area contributed by atoms with E-state index in [1.54, 1.807) is 16.7 Å². The van der Waals surface area contributed by atoms with Gasteiger partial charge in [0.2, 0.25) is 0 Å². The van der Waals surface area contributed by atoms with E-state index in [2.05, 4.69) is 33.0 Å². The van der Waals surface area contributed by atoms with Gasteiger partial charge in [-0.15, -0.1) is 21.5 Å². The fourth-order valence-corrected chi connectivity index (χ4v) is 3.81. The molecule has 2 N–H and O–H groups in total. The maximum atomic E-state index is 11.6. The largest absolute Gasteiger partial charge is 0.364 e. The van der Waals surface area contributed by atoms with Crippen LogP contribution < -0.4 is 5.73 Å². The maximum Gasteiger partial charge on any atom is 0.268 e. The third kappa shape index (κ3) is 4.66. The molecular formula is C17H16N6OS3. The summed E-state index contributed by atoms with van der Waals surface area (Å²) in [5.41, 5.74) is 7.20. The molecule has 0 unspecified atom stereocenters. The summed E-state index contributed by atoms with van der Waals surface area (Å²) in [4.78, 5) is 20.1. The van der Waals surface area contributed by atoms with Gasteiger partial charge < -0.3 is 5.73 Å². The van der Waals surface area contributed by atoms with Crippen molar-refractivity contribution in [2.24, 2.45) is 5.73 Å². The predicted octanol–water partition coefficient (Wildman–Crippen LogP) is 3.37. The second kappa shape index (κ2) is 8.53. The first-order valence-corrected chi connectivity index (χ1v) is 9.84. The monoisotopic (exact) mass is 416 g/mol. The summed E-state index contributed by atoms with van der Waals surface area (Å²) in [5.74, 6) is -0.549. The molecule has 0 aliphatic heterocycles. The molecule has 7 nitrogen and oxygen atoms in total. The Morgan fingerprint density at radius 3 is 2.63 bits per heavy atom. The van der Waals surface area contributed by atoms with E-state index in [0.29, 0.717) is 10.7 Å². The number of thiol groups is 1. The van der Waals surface area contributed by atoms with Gasteiger partial charge in [0, 0.05) is 28.0 Å². The van der Waals surface area contributed by atoms with E-state index in [0.717, 1.165) is 20.7 Å². The molecule has 0 fully saturated rings. The Morgan fingerprint density at radius 2 is 1.96 bits per heavy atom. The van der Waals surface area contributed by atoms with Crippen LogP contribution in [0.3, 0.4) is 0 Å². The molecule has 0 spiro atoms. The lowest BCUT2D eigenvalue weighted by atomic mass is 10.2. The molecule has 0 aliphatic rings. The predicted molar refractivity (Wildman–Crippen MR) is 113 cm³/mol. The minimum Gasteiger partial charge on any atom is -0.364 e. The number of fused-ring (bicyclic) bond motifs is 1. The molecule has 0 saturated heterocycles. The lowest BCUT2D eigenvalue weighted by Crippen LogP contribution is -2.13. The summed E-state index contributed by atoms with van der Waals surface area (Å²) in [6.45, 7) is 0. The van der Waals surface area contributed by atoms with Gasteiger partial charge in [-0.05, 0) is 43.7 Å². The Bertz CT molecular complexity index is 1060. The molecule has 4 aromatic rings. The molecule has 4 rings (SSSR count). The zero-order valence-corrected chi connectivity index (χ0v) is 17.1. The van der Waals surface area contributed by atoms with Gasteiger partial charge in [-0.25, -0.2) is 4.98 Å². The third-order valence-electron chi connectivity index (χ3n) is 3.24. The molecule has 27 heavy (non-hydrogen) atoms. The number of thiophene rings is 1. The van der Waals surface area contributed by atoms with Crippen LogP contribution in [-0.2, 0) is 0 Å². The van der Waals surface area contributed by atoms with E-state index in [1.165, 1.54) is 22.7 Å². The summed E-state index contributed by atoms with van der Waals surface area (Å²) in [5, 5.41) is 12.4. The maximum absolute atomic E-state index is 11.6. The number of hydrogen-bond acceptors (Lipinski definition) is 9. The second-order valence-corrected chi connectivity index (χ2v) is 8.28. The summed E-state index contributed by atoms with van der Waals surface area (Å²) < 4.78 is 2.64. The van der Waals surface area contributed by atoms with Crippen molar-refractivity contribution in [3.8, 4) is 21.3 Å². The number of carbonyl (C=O) groups is 1. The van der Waals surface area contributed by atoms with Gasteiger partial charge in [0.05, 0.1) is 0 Å². The molecule has 0 aromatic carbocycles. The molecule has 138 valence electrons. The van der Waals surface area contributed by atoms with Crippen molar-refractivity contribution in [1.82, 2.24) is 24.5 Å². The molecule has 1 amide bonds. The van der Waals surface area contributed by atoms with E-state index >= 15 is 0 Å². The standard InChI is InChI=1S/C15H9N5OS2.C2H7NS/c16-13(21)12-9-3-5-22-11(9)6-10(18-12)15-20-19-14(23-15)8-2-1-4-17-7-8;1-3(2)4/h1-7H,(H2,16,21);4H,1-2H3. The number of nitrogens with two attached hydrogens (primary N) is 1. The van der Waals surface area contributed by atoms with Gasteiger partial charge >= 0.3 is 0 Å². The lowest BCUT2D eigenvalue weighted by Gasteiger charge is -2.01. The van der Waals surface area contributed by atoms with Crippen molar-refractivity contribution < 1.29 is 4.79 Å². The number of aromatic nitrogens is 4. The Hall–Kier alpha value is -2.40. The SMILES string of the molecule is CN(C)S.NC(=O)c1nc(-c2nnc(-c3cccnc3)s2)cc2sccc12. The highest BCUT2D eigenvalue weighted by Gasteiger charge is 2.16. The lowest BCUT2D eigenvalue weighted by molar-refractivity contribution is 0.0997. The van der Waals surface area contributed by atoms with Crippen molar-refractivity contribution in [2.75, 3.05) is 14.1 Å². The molecule has 0 bridgehead atoms. The first-order chi connectivity index (χ1) is 13.0. The van der Waals surface area contributed by atoms with E-state index in [-0.39, 0.29) is 5.69 Å². The first-order valence-electron chi connectivity index (χ1n) is 7.74. The molecular weight excluding hydrogens is 400 g/mol. The summed E-state index contributed by atoms with van der Waals surface area (Å²) in [6, 6.07) is 7.51. The number of hydrogen-bond donors (Lipinski definition) is 2. The van der Waals surface area contributed by atoms with Crippen LogP contribution in [0.1, 0.15) is 10.5 Å². The average Bonchev–Trinajstić information content (AvgIpc) is 3.30. The van der Waals surface area contributed by atoms with Crippen LogP contribution in [0.2, 0.25) is 0 Å². The van der Waals surface area contributed by atoms with Gasteiger partial charge in [0.15, 0.2) is 5.01 Å². The van der Waals surface area contributed by atoms with E-state index in [4.69, 9.17) is 5.73 Å². The van der Waals surface area contributed by atoms with Crippen LogP contribution in [0.5, 0.6) is 0 Å². The zero-order valence-electron chi connectivity index (χ0n) is 14.5. The van der Waals surface area contributed by atoms with Crippen LogP contribution in [-0.4, -0.2) is 44.5 Å². The fraction of sp³-hybridized carbons (Fsp3) is 0.118. The number of carbonyl (C=O) groups excluding carboxylic acids is 1. The van der Waals surface area contributed by atoms with Gasteiger partial charge in [0.25, 0.3) is 5.91 Å². The number of pyridine rings is 2. The van der Waals surface area contributed by atoms with Crippen molar-refractivity contribution in [1.29, 1.82) is 0 Å². The second-order valence-electron chi connectivity index (χ2n) is 5.55. The molecule has 0 atom stereocenters. The number of amides is 1. The highest BCUT2D eigenvalue weighted by atomic mass is 32.1. The third-order valence-corrected chi connectivity index (χ3v) is 5.10. The van der Waals surface area contributed by atoms with Crippen LogP contribution in [0.25, 0.3) is 31.4 Å². The van der Waals surface area contributed by atoms with Crippen molar-refractivity contribution in [2.45, 2.75) is 0 Å². The zero-order chi connectivity index (χ0) is 19.4. The van der Waals surface area contributed by atoms with Crippen LogP contribution in [0, 0.1) is 0 Å². The first kappa shape index (κ1) is 19.4. The smallest absolute Gasteiger partial charge is 0.268 e. The fourth-order valence-electron chi connectivity index (χ4n) is 2.20. The van der Waals surface area contributed by atoms with E-state index in [9.17, 15) is 4.79 Å². The number of primary amides is 1. The minimum atomic E-state index is -0.549. The van der Waals surface area contributed by atoms with Gasteiger partial charge in [-0.3, -0.25) is 14.1 Å². The molecule has 4 heterocycles. The Labute approximate surface area is 169 Å². The minimum absolute atomic E-state index is 0.261. The summed E-state index contributed by atoms with van der Waals surface area (Å²) in [7, 11) is 3.73. The van der Waals surface area contributed by atoms with Gasteiger partial charge in [-0.2, -0.15) is 0 Å². The van der Waals surface area contributed by atoms with Crippen LogP contribution in [0.4, 0.5) is 0 Å². The Kier molecular flexibility index (Phi) is 6.11. The van der Waals surface area contributed by atoms with E-state index in [1.807, 2.05) is 43.7 Å². The highest BCUT2D eigenvalue weighted by molar-refractivity contribution is 7.77. The summed E-state index contributed by atoms with van der Waals surface area (Å²) in [6.07, 6.45) is 3.44. The molecule has 0 saturated carbocycles. The van der Waals surface area contributed by atoms with Gasteiger partial charge in [0.1, 0.15) is 16.4 Å². The quantitative estimate of drug-likeness (QED) is 0.497. The van der Waals surface area contributed by atoms with E-state index < -0.39 is 5.91 Å². The van der Waals surface area contributed by atoms with Crippen molar-refractivity contribution >= 4 is 51.5 Å². The molecule has 10 heteroatoms. The average molecular weight is 417 g/mol. The molecule has 0 aliphatic carbocycles. The molecule has 4 aromatic heterocycles. The summed E-state index contributed by atoms with van der Waals surface area (Å²) >= 11 is 6.73. The van der Waals surface area contributed by atoms with Crippen LogP contribution in [0.15, 0.2) is 42.0 Å². The van der Waals surface area contributed by atoms with Crippen LogP contribution >= 0.6 is 35.5 Å². The highest BCUT2D eigenvalue weighted by Crippen LogP contribution is 2.32. The number of nitrogens with zero attached hydrogens (tertiary/aromatic N) is 5. The number of rotatable bonds is 3. The Balaban J connectivity index is 0.000000481. The topological polar surface area (TPSA) is 97.9 Å². The van der Waals surface area contributed by atoms with Crippen molar-refractivity contribution in [3.63, 3.8) is 0 Å².